The molecule has 0 aromatic heterocycles. The number of hydrogen-bond donors (Lipinski definition) is 1. The Hall–Kier alpha value is -2.89. The number of methoxy groups -OCH3 is 1. The SMILES string of the molecule is COc1ccc(N2CC(C(=O)NC3(c4ccc(F)cc4)CCCC3)CC2=O)cc1. The number of halogens is 1. The minimum atomic E-state index is -0.471. The zero-order valence-electron chi connectivity index (χ0n) is 16.5. The van der Waals surface area contributed by atoms with Gasteiger partial charge in [0.1, 0.15) is 11.6 Å². The number of carbonyl (C=O) groups excluding carboxylic acids is 2. The van der Waals surface area contributed by atoms with Crippen molar-refractivity contribution < 1.29 is 18.7 Å². The summed E-state index contributed by atoms with van der Waals surface area (Å²) in [5, 5.41) is 3.22. The summed E-state index contributed by atoms with van der Waals surface area (Å²) in [6, 6.07) is 13.6. The van der Waals surface area contributed by atoms with Gasteiger partial charge in [0.05, 0.1) is 18.6 Å². The number of carbonyl (C=O) groups is 2. The molecule has 0 bridgehead atoms. The first-order valence-corrected chi connectivity index (χ1v) is 10.0. The molecule has 1 aliphatic heterocycles. The number of hydrogen-bond acceptors (Lipinski definition) is 3. The van der Waals surface area contributed by atoms with E-state index in [1.165, 1.54) is 12.1 Å². The number of anilines is 1. The zero-order valence-corrected chi connectivity index (χ0v) is 16.5. The fourth-order valence-corrected chi connectivity index (χ4v) is 4.47. The van der Waals surface area contributed by atoms with Gasteiger partial charge in [-0.05, 0) is 54.8 Å². The number of nitrogens with zero attached hydrogens (tertiary/aromatic N) is 1. The lowest BCUT2D eigenvalue weighted by molar-refractivity contribution is -0.128. The highest BCUT2D eigenvalue weighted by Gasteiger charge is 2.41. The molecule has 4 rings (SSSR count). The van der Waals surface area contributed by atoms with E-state index in [2.05, 4.69) is 5.32 Å². The maximum absolute atomic E-state index is 13.4. The first-order valence-electron chi connectivity index (χ1n) is 10.0. The lowest BCUT2D eigenvalue weighted by Crippen LogP contribution is -2.46. The second-order valence-electron chi connectivity index (χ2n) is 7.89. The Morgan fingerprint density at radius 2 is 1.76 bits per heavy atom. The topological polar surface area (TPSA) is 58.6 Å². The monoisotopic (exact) mass is 396 g/mol. The molecule has 2 aromatic carbocycles. The van der Waals surface area contributed by atoms with Gasteiger partial charge in [0.25, 0.3) is 0 Å². The molecule has 1 heterocycles. The molecule has 2 aromatic rings. The van der Waals surface area contributed by atoms with Gasteiger partial charge < -0.3 is 15.0 Å². The van der Waals surface area contributed by atoms with Crippen molar-refractivity contribution in [3.05, 3.63) is 59.9 Å². The molecule has 1 N–H and O–H groups in total. The maximum Gasteiger partial charge on any atom is 0.227 e. The fourth-order valence-electron chi connectivity index (χ4n) is 4.47. The summed E-state index contributed by atoms with van der Waals surface area (Å²) in [7, 11) is 1.59. The van der Waals surface area contributed by atoms with Crippen molar-refractivity contribution in [2.45, 2.75) is 37.6 Å². The van der Waals surface area contributed by atoms with Crippen LogP contribution in [0.3, 0.4) is 0 Å². The molecule has 29 heavy (non-hydrogen) atoms. The highest BCUT2D eigenvalue weighted by atomic mass is 19.1. The Labute approximate surface area is 169 Å². The van der Waals surface area contributed by atoms with Gasteiger partial charge >= 0.3 is 0 Å². The lowest BCUT2D eigenvalue weighted by atomic mass is 9.87. The largest absolute Gasteiger partial charge is 0.497 e. The smallest absolute Gasteiger partial charge is 0.227 e. The van der Waals surface area contributed by atoms with Crippen LogP contribution in [0.4, 0.5) is 10.1 Å². The van der Waals surface area contributed by atoms with Gasteiger partial charge in [-0.25, -0.2) is 4.39 Å². The van der Waals surface area contributed by atoms with Crippen molar-refractivity contribution in [2.24, 2.45) is 5.92 Å². The van der Waals surface area contributed by atoms with Crippen molar-refractivity contribution >= 4 is 17.5 Å². The van der Waals surface area contributed by atoms with Gasteiger partial charge in [0.2, 0.25) is 11.8 Å². The van der Waals surface area contributed by atoms with Crippen LogP contribution in [-0.2, 0) is 15.1 Å². The van der Waals surface area contributed by atoms with Gasteiger partial charge in [-0.15, -0.1) is 0 Å². The summed E-state index contributed by atoms with van der Waals surface area (Å²) >= 11 is 0. The van der Waals surface area contributed by atoms with Gasteiger partial charge in [-0.2, -0.15) is 0 Å². The lowest BCUT2D eigenvalue weighted by Gasteiger charge is -2.32. The first-order chi connectivity index (χ1) is 14.0. The van der Waals surface area contributed by atoms with Crippen LogP contribution >= 0.6 is 0 Å². The summed E-state index contributed by atoms with van der Waals surface area (Å²) < 4.78 is 18.5. The molecule has 6 heteroatoms. The van der Waals surface area contributed by atoms with Crippen LogP contribution in [0, 0.1) is 11.7 Å². The average Bonchev–Trinajstić information content (AvgIpc) is 3.36. The minimum Gasteiger partial charge on any atom is -0.497 e. The average molecular weight is 396 g/mol. The van der Waals surface area contributed by atoms with Gasteiger partial charge in [-0.1, -0.05) is 25.0 Å². The molecule has 1 saturated heterocycles. The van der Waals surface area contributed by atoms with Gasteiger partial charge in [0.15, 0.2) is 0 Å². The molecule has 1 atom stereocenters. The predicted octanol–water partition coefficient (Wildman–Crippen LogP) is 3.77. The first kappa shape index (κ1) is 19.4. The standard InChI is InChI=1S/C23H25FN2O3/c1-29-20-10-8-19(9-11-20)26-15-16(14-21(26)27)22(28)25-23(12-2-3-13-23)17-4-6-18(24)7-5-17/h4-11,16H,2-3,12-15H2,1H3,(H,25,28). The number of ether oxygens (including phenoxy) is 1. The summed E-state index contributed by atoms with van der Waals surface area (Å²) in [5.74, 6) is -0.136. The van der Waals surface area contributed by atoms with Crippen molar-refractivity contribution in [3.63, 3.8) is 0 Å². The van der Waals surface area contributed by atoms with Crippen LogP contribution < -0.4 is 15.0 Å². The summed E-state index contributed by atoms with van der Waals surface area (Å²) in [6.07, 6.45) is 3.87. The van der Waals surface area contributed by atoms with E-state index in [1.807, 2.05) is 12.1 Å². The van der Waals surface area contributed by atoms with Gasteiger partial charge in [0, 0.05) is 18.7 Å². The molecule has 0 spiro atoms. The number of amides is 2. The van der Waals surface area contributed by atoms with E-state index >= 15 is 0 Å². The Morgan fingerprint density at radius 3 is 2.38 bits per heavy atom. The maximum atomic E-state index is 13.4. The predicted molar refractivity (Wildman–Crippen MR) is 108 cm³/mol. The van der Waals surface area contributed by atoms with Crippen molar-refractivity contribution in [3.8, 4) is 5.75 Å². The van der Waals surface area contributed by atoms with E-state index in [-0.39, 0.29) is 24.1 Å². The minimum absolute atomic E-state index is 0.0578. The highest BCUT2D eigenvalue weighted by molar-refractivity contribution is 6.00. The second kappa shape index (κ2) is 7.85. The molecule has 0 radical (unpaired) electrons. The molecular formula is C23H25FN2O3. The van der Waals surface area contributed by atoms with Crippen LogP contribution in [0.2, 0.25) is 0 Å². The van der Waals surface area contributed by atoms with Crippen LogP contribution in [0.15, 0.2) is 48.5 Å². The Kier molecular flexibility index (Phi) is 5.26. The molecular weight excluding hydrogens is 371 g/mol. The second-order valence-corrected chi connectivity index (χ2v) is 7.89. The van der Waals surface area contributed by atoms with Crippen LogP contribution in [0.5, 0.6) is 5.75 Å². The van der Waals surface area contributed by atoms with Gasteiger partial charge in [-0.3, -0.25) is 9.59 Å². The van der Waals surface area contributed by atoms with E-state index in [0.29, 0.717) is 6.54 Å². The molecule has 152 valence electrons. The molecule has 2 aliphatic rings. The third kappa shape index (κ3) is 3.84. The van der Waals surface area contributed by atoms with Crippen LogP contribution in [0.1, 0.15) is 37.7 Å². The Bertz CT molecular complexity index is 889. The van der Waals surface area contributed by atoms with E-state index < -0.39 is 11.5 Å². The van der Waals surface area contributed by atoms with Crippen LogP contribution in [-0.4, -0.2) is 25.5 Å². The normalized spacial score (nSPS) is 20.7. The zero-order chi connectivity index (χ0) is 20.4. The Morgan fingerprint density at radius 1 is 1.10 bits per heavy atom. The third-order valence-electron chi connectivity index (χ3n) is 6.10. The molecule has 1 saturated carbocycles. The number of rotatable bonds is 5. The molecule has 5 nitrogen and oxygen atoms in total. The summed E-state index contributed by atoms with van der Waals surface area (Å²) in [5.41, 5.74) is 1.22. The number of benzene rings is 2. The van der Waals surface area contributed by atoms with Crippen LogP contribution in [0.25, 0.3) is 0 Å². The Balaban J connectivity index is 1.49. The highest BCUT2D eigenvalue weighted by Crippen LogP contribution is 2.39. The van der Waals surface area contributed by atoms with E-state index in [1.54, 1.807) is 36.3 Å². The van der Waals surface area contributed by atoms with Crippen molar-refractivity contribution in [1.29, 1.82) is 0 Å². The molecule has 1 unspecified atom stereocenters. The summed E-state index contributed by atoms with van der Waals surface area (Å²) in [6.45, 7) is 0.358. The van der Waals surface area contributed by atoms with Crippen molar-refractivity contribution in [1.82, 2.24) is 5.32 Å². The van der Waals surface area contributed by atoms with E-state index in [0.717, 1.165) is 42.7 Å². The quantitative estimate of drug-likeness (QED) is 0.837. The fraction of sp³-hybridized carbons (Fsp3) is 0.391. The summed E-state index contributed by atoms with van der Waals surface area (Å²) in [4.78, 5) is 27.3. The van der Waals surface area contributed by atoms with E-state index in [4.69, 9.17) is 4.74 Å². The third-order valence-corrected chi connectivity index (χ3v) is 6.10. The molecule has 1 aliphatic carbocycles. The van der Waals surface area contributed by atoms with E-state index in [9.17, 15) is 14.0 Å². The molecule has 2 fully saturated rings. The number of nitrogens with one attached hydrogen (secondary N) is 1. The molecule has 2 amide bonds. The van der Waals surface area contributed by atoms with Crippen molar-refractivity contribution in [2.75, 3.05) is 18.6 Å².